The van der Waals surface area contributed by atoms with Crippen LogP contribution in [0.1, 0.15) is 67.9 Å². The van der Waals surface area contributed by atoms with Crippen LogP contribution in [0, 0.1) is 6.92 Å². The summed E-state index contributed by atoms with van der Waals surface area (Å²) in [5.41, 5.74) is 7.72. The van der Waals surface area contributed by atoms with Crippen molar-refractivity contribution in [3.63, 3.8) is 0 Å². The summed E-state index contributed by atoms with van der Waals surface area (Å²) in [5.74, 6) is -0.272. The zero-order chi connectivity index (χ0) is 26.6. The maximum absolute atomic E-state index is 11.3. The summed E-state index contributed by atoms with van der Waals surface area (Å²) in [5, 5.41) is 9.29. The number of carbonyl (C=O) groups is 1. The Morgan fingerprint density at radius 1 is 1.00 bits per heavy atom. The summed E-state index contributed by atoms with van der Waals surface area (Å²) in [6.45, 7) is 9.70. The van der Waals surface area contributed by atoms with Crippen LogP contribution in [0.5, 0.6) is 5.75 Å². The van der Waals surface area contributed by atoms with E-state index >= 15 is 0 Å². The highest BCUT2D eigenvalue weighted by molar-refractivity contribution is 5.74. The Kier molecular flexibility index (Phi) is 7.89. The van der Waals surface area contributed by atoms with Crippen molar-refractivity contribution in [1.82, 2.24) is 0 Å². The lowest BCUT2D eigenvalue weighted by atomic mass is 9.70. The Morgan fingerprint density at radius 2 is 1.65 bits per heavy atom. The van der Waals surface area contributed by atoms with E-state index in [1.54, 1.807) is 7.11 Å². The van der Waals surface area contributed by atoms with Gasteiger partial charge in [-0.2, -0.15) is 0 Å². The average molecular weight is 499 g/mol. The fourth-order valence-electron chi connectivity index (χ4n) is 5.39. The molecule has 4 rings (SSSR count). The molecule has 37 heavy (non-hydrogen) atoms. The lowest BCUT2D eigenvalue weighted by Crippen LogP contribution is -2.26. The summed E-state index contributed by atoms with van der Waals surface area (Å²) >= 11 is 0. The third kappa shape index (κ3) is 5.50. The molecular formula is C33H38O4. The van der Waals surface area contributed by atoms with Crippen molar-refractivity contribution in [2.45, 2.75) is 64.4 Å². The van der Waals surface area contributed by atoms with Gasteiger partial charge in [0.2, 0.25) is 0 Å². The third-order valence-corrected chi connectivity index (χ3v) is 8.10. The predicted octanol–water partition coefficient (Wildman–Crippen LogP) is 7.60. The van der Waals surface area contributed by atoms with E-state index in [0.29, 0.717) is 11.3 Å². The van der Waals surface area contributed by atoms with Crippen LogP contribution in [0.4, 0.5) is 0 Å². The third-order valence-electron chi connectivity index (χ3n) is 8.10. The van der Waals surface area contributed by atoms with Gasteiger partial charge in [0, 0.05) is 11.0 Å². The number of epoxide rings is 1. The van der Waals surface area contributed by atoms with Crippen LogP contribution in [0.3, 0.4) is 0 Å². The second-order valence-corrected chi connectivity index (χ2v) is 10.1. The molecule has 1 N–H and O–H groups in total. The minimum Gasteiger partial charge on any atom is -0.496 e. The molecular weight excluding hydrogens is 460 g/mol. The molecule has 1 aliphatic heterocycles. The van der Waals surface area contributed by atoms with Gasteiger partial charge >= 0.3 is 5.97 Å². The Labute approximate surface area is 221 Å². The first-order valence-corrected chi connectivity index (χ1v) is 13.2. The van der Waals surface area contributed by atoms with Crippen molar-refractivity contribution in [3.05, 3.63) is 94.6 Å². The van der Waals surface area contributed by atoms with Crippen molar-refractivity contribution in [2.24, 2.45) is 0 Å². The van der Waals surface area contributed by atoms with Crippen LogP contribution in [0.15, 0.2) is 66.7 Å². The fraction of sp³-hybridized carbons (Fsp3) is 0.364. The van der Waals surface area contributed by atoms with Crippen LogP contribution in [-0.2, 0) is 21.4 Å². The summed E-state index contributed by atoms with van der Waals surface area (Å²) in [6.07, 6.45) is 7.34. The van der Waals surface area contributed by atoms with E-state index in [0.717, 1.165) is 37.0 Å². The average Bonchev–Trinajstić information content (AvgIpc) is 3.70. The first-order valence-electron chi connectivity index (χ1n) is 13.2. The lowest BCUT2D eigenvalue weighted by molar-refractivity contribution is -0.136. The Hall–Kier alpha value is -3.37. The number of hydrogen-bond donors (Lipinski definition) is 1. The van der Waals surface area contributed by atoms with E-state index in [1.165, 1.54) is 22.3 Å². The molecule has 1 saturated heterocycles. The van der Waals surface area contributed by atoms with Crippen LogP contribution in [0.25, 0.3) is 17.2 Å². The van der Waals surface area contributed by atoms with E-state index in [1.807, 2.05) is 18.2 Å². The minimum absolute atomic E-state index is 0.0538. The van der Waals surface area contributed by atoms with Gasteiger partial charge in [-0.1, -0.05) is 75.4 Å². The molecule has 0 saturated carbocycles. The van der Waals surface area contributed by atoms with E-state index in [4.69, 9.17) is 9.47 Å². The summed E-state index contributed by atoms with van der Waals surface area (Å²) in [6, 6.07) is 21.3. The minimum atomic E-state index is -0.871. The van der Waals surface area contributed by atoms with Gasteiger partial charge < -0.3 is 14.6 Å². The molecule has 3 aromatic rings. The molecule has 4 nitrogen and oxygen atoms in total. The maximum atomic E-state index is 11.3. The van der Waals surface area contributed by atoms with Crippen LogP contribution in [-0.4, -0.2) is 30.4 Å². The van der Waals surface area contributed by atoms with E-state index in [9.17, 15) is 9.90 Å². The van der Waals surface area contributed by atoms with Crippen LogP contribution < -0.4 is 4.74 Å². The SMILES string of the molecule is CCC1(/C=C/c2ccc(C(CC)(CC)c3ccc(-c4ccc(OC)c(CC(=O)O)c4)cc3)cc2C)CO1. The van der Waals surface area contributed by atoms with Crippen molar-refractivity contribution < 1.29 is 19.4 Å². The van der Waals surface area contributed by atoms with Crippen molar-refractivity contribution >= 4 is 12.0 Å². The molecule has 0 amide bonds. The van der Waals surface area contributed by atoms with Crippen LogP contribution in [0.2, 0.25) is 0 Å². The molecule has 0 aliphatic carbocycles. The van der Waals surface area contributed by atoms with Gasteiger partial charge in [-0.3, -0.25) is 4.79 Å². The summed E-state index contributed by atoms with van der Waals surface area (Å²) < 4.78 is 11.0. The molecule has 1 unspecified atom stereocenters. The Balaban J connectivity index is 1.64. The number of rotatable bonds is 11. The van der Waals surface area contributed by atoms with Gasteiger partial charge in [0.15, 0.2) is 0 Å². The quantitative estimate of drug-likeness (QED) is 0.277. The van der Waals surface area contributed by atoms with Gasteiger partial charge in [-0.25, -0.2) is 0 Å². The van der Waals surface area contributed by atoms with Crippen molar-refractivity contribution in [2.75, 3.05) is 13.7 Å². The van der Waals surface area contributed by atoms with Gasteiger partial charge in [0.05, 0.1) is 20.1 Å². The molecule has 1 atom stereocenters. The van der Waals surface area contributed by atoms with Gasteiger partial charge in [0.25, 0.3) is 0 Å². The maximum Gasteiger partial charge on any atom is 0.307 e. The number of benzene rings is 3. The highest BCUT2D eigenvalue weighted by atomic mass is 16.6. The van der Waals surface area contributed by atoms with Gasteiger partial charge in [-0.15, -0.1) is 0 Å². The predicted molar refractivity (Wildman–Crippen MR) is 150 cm³/mol. The first-order chi connectivity index (χ1) is 17.8. The molecule has 1 fully saturated rings. The molecule has 4 heteroatoms. The smallest absolute Gasteiger partial charge is 0.307 e. The normalized spacial score (nSPS) is 17.2. The monoisotopic (exact) mass is 498 g/mol. The Bertz CT molecular complexity index is 1280. The van der Waals surface area contributed by atoms with Gasteiger partial charge in [0.1, 0.15) is 11.4 Å². The number of ether oxygens (including phenoxy) is 2. The molecule has 1 aliphatic rings. The first kappa shape index (κ1) is 26.7. The molecule has 0 bridgehead atoms. The number of hydrogen-bond acceptors (Lipinski definition) is 3. The van der Waals surface area contributed by atoms with Crippen molar-refractivity contribution in [3.8, 4) is 16.9 Å². The zero-order valence-electron chi connectivity index (χ0n) is 22.6. The van der Waals surface area contributed by atoms with Gasteiger partial charge in [-0.05, 0) is 77.8 Å². The van der Waals surface area contributed by atoms with E-state index < -0.39 is 5.97 Å². The van der Waals surface area contributed by atoms with E-state index in [2.05, 4.69) is 82.3 Å². The highest BCUT2D eigenvalue weighted by Gasteiger charge is 2.39. The molecule has 0 aromatic heterocycles. The fourth-order valence-corrected chi connectivity index (χ4v) is 5.39. The number of carboxylic acids is 1. The van der Waals surface area contributed by atoms with E-state index in [-0.39, 0.29) is 17.4 Å². The largest absolute Gasteiger partial charge is 0.496 e. The molecule has 194 valence electrons. The number of aliphatic carboxylic acids is 1. The lowest BCUT2D eigenvalue weighted by Gasteiger charge is -2.34. The molecule has 1 heterocycles. The topological polar surface area (TPSA) is 59.1 Å². The highest BCUT2D eigenvalue weighted by Crippen LogP contribution is 2.41. The number of aryl methyl sites for hydroxylation is 1. The second-order valence-electron chi connectivity index (χ2n) is 10.1. The second kappa shape index (κ2) is 10.9. The summed E-state index contributed by atoms with van der Waals surface area (Å²) in [7, 11) is 1.57. The Morgan fingerprint density at radius 3 is 2.19 bits per heavy atom. The zero-order valence-corrected chi connectivity index (χ0v) is 22.6. The van der Waals surface area contributed by atoms with Crippen molar-refractivity contribution in [1.29, 1.82) is 0 Å². The summed E-state index contributed by atoms with van der Waals surface area (Å²) in [4.78, 5) is 11.3. The standard InChI is InChI=1S/C33H38O4/c1-6-32(22-37-32)18-17-24-9-15-29(19-23(24)4)33(7-2,8-3)28-13-10-25(11-14-28)26-12-16-30(36-5)27(20-26)21-31(34)35/h9-20H,6-8,21-22H2,1-5H3,(H,34,35)/b18-17+. The molecule has 0 spiro atoms. The van der Waals surface area contributed by atoms with Crippen LogP contribution >= 0.6 is 0 Å². The molecule has 0 radical (unpaired) electrons. The molecule has 3 aromatic carbocycles. The number of carboxylic acid groups (broad SMARTS) is 1. The number of methoxy groups -OCH3 is 1.